The second kappa shape index (κ2) is 6.59. The summed E-state index contributed by atoms with van der Waals surface area (Å²) in [7, 11) is 0. The normalized spacial score (nSPS) is 12.2. The van der Waals surface area contributed by atoms with Gasteiger partial charge in [0.2, 0.25) is 0 Å². The standard InChI is InChI=1S/C13H20ClN3O/c1-4-9(3)8-17(5-2)13(18)10-6-12(15)16-7-11(10)14/h6-7,9H,4-5,8H2,1-3H3,(H2,15,16). The predicted molar refractivity (Wildman–Crippen MR) is 74.7 cm³/mol. The van der Waals surface area contributed by atoms with Gasteiger partial charge in [-0.1, -0.05) is 31.9 Å². The van der Waals surface area contributed by atoms with Crippen molar-refractivity contribution in [3.8, 4) is 0 Å². The van der Waals surface area contributed by atoms with Crippen LogP contribution >= 0.6 is 11.6 Å². The average molecular weight is 270 g/mol. The fraction of sp³-hybridized carbons (Fsp3) is 0.538. The number of halogens is 1. The molecule has 100 valence electrons. The van der Waals surface area contributed by atoms with Crippen LogP contribution in [0.25, 0.3) is 0 Å². The maximum atomic E-state index is 12.4. The lowest BCUT2D eigenvalue weighted by Crippen LogP contribution is -2.34. The summed E-state index contributed by atoms with van der Waals surface area (Å²) in [6.45, 7) is 7.57. The molecule has 0 aliphatic rings. The van der Waals surface area contributed by atoms with E-state index >= 15 is 0 Å². The quantitative estimate of drug-likeness (QED) is 0.894. The number of nitrogens with zero attached hydrogens (tertiary/aromatic N) is 2. The van der Waals surface area contributed by atoms with E-state index in [0.717, 1.165) is 13.0 Å². The van der Waals surface area contributed by atoms with Crippen molar-refractivity contribution in [2.75, 3.05) is 18.8 Å². The number of anilines is 1. The Bertz CT molecular complexity index is 423. The van der Waals surface area contributed by atoms with Crippen molar-refractivity contribution < 1.29 is 4.79 Å². The minimum absolute atomic E-state index is 0.0862. The molecular weight excluding hydrogens is 250 g/mol. The number of carbonyl (C=O) groups is 1. The van der Waals surface area contributed by atoms with E-state index in [2.05, 4.69) is 18.8 Å². The topological polar surface area (TPSA) is 59.2 Å². The zero-order valence-electron chi connectivity index (χ0n) is 11.1. The van der Waals surface area contributed by atoms with Gasteiger partial charge in [0, 0.05) is 19.3 Å². The molecule has 0 saturated carbocycles. The maximum Gasteiger partial charge on any atom is 0.255 e. The average Bonchev–Trinajstić information content (AvgIpc) is 2.37. The first-order valence-corrected chi connectivity index (χ1v) is 6.57. The molecule has 0 bridgehead atoms. The third kappa shape index (κ3) is 3.60. The van der Waals surface area contributed by atoms with Gasteiger partial charge in [-0.25, -0.2) is 4.98 Å². The molecule has 2 N–H and O–H groups in total. The fourth-order valence-electron chi connectivity index (χ4n) is 1.65. The molecule has 0 spiro atoms. The summed E-state index contributed by atoms with van der Waals surface area (Å²) in [6, 6.07) is 1.53. The molecule has 0 radical (unpaired) electrons. The molecule has 1 amide bonds. The van der Waals surface area contributed by atoms with Crippen LogP contribution in [0.15, 0.2) is 12.3 Å². The maximum absolute atomic E-state index is 12.4. The van der Waals surface area contributed by atoms with Gasteiger partial charge in [0.15, 0.2) is 0 Å². The molecule has 1 rings (SSSR count). The number of amides is 1. The van der Waals surface area contributed by atoms with Crippen molar-refractivity contribution in [2.45, 2.75) is 27.2 Å². The number of hydrogen-bond donors (Lipinski definition) is 1. The lowest BCUT2D eigenvalue weighted by atomic mass is 10.1. The Kier molecular flexibility index (Phi) is 5.41. The highest BCUT2D eigenvalue weighted by molar-refractivity contribution is 6.33. The van der Waals surface area contributed by atoms with Crippen LogP contribution in [0.5, 0.6) is 0 Å². The number of nitrogens with two attached hydrogens (primary N) is 1. The summed E-state index contributed by atoms with van der Waals surface area (Å²) in [5.74, 6) is 0.686. The SMILES string of the molecule is CCC(C)CN(CC)C(=O)c1cc(N)ncc1Cl. The molecule has 0 saturated heterocycles. The van der Waals surface area contributed by atoms with Crippen LogP contribution < -0.4 is 5.73 Å². The number of aromatic nitrogens is 1. The van der Waals surface area contributed by atoms with Crippen LogP contribution in [0.2, 0.25) is 5.02 Å². The number of hydrogen-bond acceptors (Lipinski definition) is 3. The van der Waals surface area contributed by atoms with E-state index in [1.54, 1.807) is 4.90 Å². The van der Waals surface area contributed by atoms with E-state index in [-0.39, 0.29) is 5.91 Å². The van der Waals surface area contributed by atoms with Crippen molar-refractivity contribution in [3.63, 3.8) is 0 Å². The van der Waals surface area contributed by atoms with Crippen LogP contribution in [-0.2, 0) is 0 Å². The van der Waals surface area contributed by atoms with Gasteiger partial charge in [-0.2, -0.15) is 0 Å². The first kappa shape index (κ1) is 14.8. The van der Waals surface area contributed by atoms with E-state index < -0.39 is 0 Å². The van der Waals surface area contributed by atoms with Crippen molar-refractivity contribution in [3.05, 3.63) is 22.8 Å². The molecule has 0 fully saturated rings. The fourth-order valence-corrected chi connectivity index (χ4v) is 1.83. The number of rotatable bonds is 5. The van der Waals surface area contributed by atoms with Gasteiger partial charge in [-0.15, -0.1) is 0 Å². The Balaban J connectivity index is 2.92. The molecule has 1 atom stereocenters. The Labute approximate surface area is 113 Å². The van der Waals surface area contributed by atoms with Crippen LogP contribution in [-0.4, -0.2) is 28.9 Å². The van der Waals surface area contributed by atoms with Crippen LogP contribution in [0.3, 0.4) is 0 Å². The lowest BCUT2D eigenvalue weighted by molar-refractivity contribution is 0.0741. The zero-order chi connectivity index (χ0) is 13.7. The Hall–Kier alpha value is -1.29. The van der Waals surface area contributed by atoms with Crippen LogP contribution in [0.1, 0.15) is 37.6 Å². The van der Waals surface area contributed by atoms with E-state index in [4.69, 9.17) is 17.3 Å². The lowest BCUT2D eigenvalue weighted by Gasteiger charge is -2.24. The van der Waals surface area contributed by atoms with Gasteiger partial charge in [-0.05, 0) is 18.9 Å². The van der Waals surface area contributed by atoms with Gasteiger partial charge in [0.25, 0.3) is 5.91 Å². The molecule has 1 heterocycles. The van der Waals surface area contributed by atoms with Crippen molar-refractivity contribution in [1.29, 1.82) is 0 Å². The highest BCUT2D eigenvalue weighted by Gasteiger charge is 2.19. The summed E-state index contributed by atoms with van der Waals surface area (Å²) in [5.41, 5.74) is 6.02. The van der Waals surface area contributed by atoms with E-state index in [1.807, 2.05) is 6.92 Å². The van der Waals surface area contributed by atoms with Gasteiger partial charge in [0.1, 0.15) is 5.82 Å². The molecule has 1 aromatic heterocycles. The number of nitrogen functional groups attached to an aromatic ring is 1. The molecule has 0 aliphatic carbocycles. The Morgan fingerprint density at radius 2 is 2.22 bits per heavy atom. The van der Waals surface area contributed by atoms with E-state index in [9.17, 15) is 4.79 Å². The molecule has 18 heavy (non-hydrogen) atoms. The summed E-state index contributed by atoms with van der Waals surface area (Å²) in [4.78, 5) is 18.0. The predicted octanol–water partition coefficient (Wildman–Crippen LogP) is 2.83. The number of carbonyl (C=O) groups excluding carboxylic acids is 1. The Morgan fingerprint density at radius 3 is 2.78 bits per heavy atom. The second-order valence-electron chi connectivity index (χ2n) is 4.45. The molecule has 0 aromatic carbocycles. The third-order valence-corrected chi connectivity index (χ3v) is 3.31. The zero-order valence-corrected chi connectivity index (χ0v) is 11.9. The summed E-state index contributed by atoms with van der Waals surface area (Å²) in [6.07, 6.45) is 2.46. The van der Waals surface area contributed by atoms with Crippen LogP contribution in [0.4, 0.5) is 5.82 Å². The van der Waals surface area contributed by atoms with Crippen molar-refractivity contribution >= 4 is 23.3 Å². The van der Waals surface area contributed by atoms with Gasteiger partial charge in [-0.3, -0.25) is 4.79 Å². The van der Waals surface area contributed by atoms with Crippen molar-refractivity contribution in [1.82, 2.24) is 9.88 Å². The Morgan fingerprint density at radius 1 is 1.56 bits per heavy atom. The molecule has 5 heteroatoms. The molecule has 4 nitrogen and oxygen atoms in total. The van der Waals surface area contributed by atoms with Gasteiger partial charge < -0.3 is 10.6 Å². The monoisotopic (exact) mass is 269 g/mol. The van der Waals surface area contributed by atoms with Gasteiger partial charge in [0.05, 0.1) is 10.6 Å². The second-order valence-corrected chi connectivity index (χ2v) is 4.85. The smallest absolute Gasteiger partial charge is 0.255 e. The molecule has 1 unspecified atom stereocenters. The highest BCUT2D eigenvalue weighted by atomic mass is 35.5. The van der Waals surface area contributed by atoms with E-state index in [0.29, 0.717) is 28.9 Å². The van der Waals surface area contributed by atoms with Crippen molar-refractivity contribution in [2.24, 2.45) is 5.92 Å². The third-order valence-electron chi connectivity index (χ3n) is 3.00. The van der Waals surface area contributed by atoms with E-state index in [1.165, 1.54) is 12.3 Å². The summed E-state index contributed by atoms with van der Waals surface area (Å²) < 4.78 is 0. The summed E-state index contributed by atoms with van der Waals surface area (Å²) >= 11 is 6.00. The minimum Gasteiger partial charge on any atom is -0.384 e. The largest absolute Gasteiger partial charge is 0.384 e. The van der Waals surface area contributed by atoms with Crippen LogP contribution in [0, 0.1) is 5.92 Å². The first-order chi connectivity index (χ1) is 8.49. The molecular formula is C13H20ClN3O. The molecule has 1 aromatic rings. The highest BCUT2D eigenvalue weighted by Crippen LogP contribution is 2.19. The number of pyridine rings is 1. The summed E-state index contributed by atoms with van der Waals surface area (Å²) in [5, 5.41) is 0.344. The molecule has 0 aliphatic heterocycles. The first-order valence-electron chi connectivity index (χ1n) is 6.19. The van der Waals surface area contributed by atoms with Gasteiger partial charge >= 0.3 is 0 Å². The minimum atomic E-state index is -0.0862.